The average molecular weight is 471 g/mol. The number of thioether (sulfide) groups is 1. The van der Waals surface area contributed by atoms with Gasteiger partial charge < -0.3 is 14.6 Å². The number of aromatic nitrogens is 3. The first-order valence-electron chi connectivity index (χ1n) is 10.7. The molecule has 0 saturated heterocycles. The largest absolute Gasteiger partial charge is 0.497 e. The van der Waals surface area contributed by atoms with E-state index in [1.807, 2.05) is 79.1 Å². The van der Waals surface area contributed by atoms with Gasteiger partial charge in [0.05, 0.1) is 23.8 Å². The van der Waals surface area contributed by atoms with Crippen LogP contribution in [0.2, 0.25) is 0 Å². The maximum Gasteiger partial charge on any atom is 0.260 e. The first-order chi connectivity index (χ1) is 16.6. The zero-order chi connectivity index (χ0) is 23.7. The number of imidazole rings is 1. The Morgan fingerprint density at radius 1 is 1.00 bits per heavy atom. The summed E-state index contributed by atoms with van der Waals surface area (Å²) >= 11 is 1.61. The SMILES string of the molecule is COc1ccc(-c2cc(=O)n3c4ccccc4n(CC(=O)Nc4cccc(SC)c4)c3n2)cc1. The van der Waals surface area contributed by atoms with Gasteiger partial charge in [-0.15, -0.1) is 11.8 Å². The van der Waals surface area contributed by atoms with Gasteiger partial charge in [0.2, 0.25) is 11.7 Å². The Balaban J connectivity index is 1.59. The Labute approximate surface area is 200 Å². The number of ether oxygens (including phenoxy) is 1. The van der Waals surface area contributed by atoms with E-state index >= 15 is 0 Å². The van der Waals surface area contributed by atoms with Crippen molar-refractivity contribution in [1.82, 2.24) is 14.0 Å². The molecule has 5 rings (SSSR count). The van der Waals surface area contributed by atoms with E-state index in [0.717, 1.165) is 27.4 Å². The summed E-state index contributed by atoms with van der Waals surface area (Å²) in [6.07, 6.45) is 1.99. The molecule has 1 amide bonds. The zero-order valence-corrected chi connectivity index (χ0v) is 19.5. The Hall–Kier alpha value is -4.04. The Morgan fingerprint density at radius 2 is 1.76 bits per heavy atom. The summed E-state index contributed by atoms with van der Waals surface area (Å²) in [6, 6.07) is 24.0. The zero-order valence-electron chi connectivity index (χ0n) is 18.7. The standard InChI is InChI=1S/C26H22N4O3S/c1-33-19-12-10-17(11-13-19)21-15-25(32)30-23-9-4-3-8-22(23)29(26(30)28-21)16-24(31)27-18-6-5-7-20(14-18)34-2/h3-15H,16H2,1-2H3,(H,27,31). The number of anilines is 1. The van der Waals surface area contributed by atoms with Crippen LogP contribution in [0.25, 0.3) is 28.1 Å². The molecule has 0 aliphatic carbocycles. The maximum absolute atomic E-state index is 13.2. The monoisotopic (exact) mass is 470 g/mol. The van der Waals surface area contributed by atoms with Crippen molar-refractivity contribution in [2.75, 3.05) is 18.7 Å². The number of hydrogen-bond donors (Lipinski definition) is 1. The van der Waals surface area contributed by atoms with Crippen LogP contribution in [-0.4, -0.2) is 33.2 Å². The number of carbonyl (C=O) groups excluding carboxylic acids is 1. The second-order valence-corrected chi connectivity index (χ2v) is 8.58. The molecule has 0 aliphatic rings. The van der Waals surface area contributed by atoms with Crippen molar-refractivity contribution in [3.05, 3.63) is 89.2 Å². The number of para-hydroxylation sites is 2. The number of hydrogen-bond acceptors (Lipinski definition) is 5. The number of carbonyl (C=O) groups is 1. The average Bonchev–Trinajstić information content (AvgIpc) is 3.18. The molecule has 2 heterocycles. The number of nitrogens with one attached hydrogen (secondary N) is 1. The van der Waals surface area contributed by atoms with Gasteiger partial charge in [0.15, 0.2) is 0 Å². The first-order valence-corrected chi connectivity index (χ1v) is 11.9. The van der Waals surface area contributed by atoms with Crippen LogP contribution in [0.3, 0.4) is 0 Å². The van der Waals surface area contributed by atoms with Gasteiger partial charge in [-0.05, 0) is 60.9 Å². The molecule has 0 atom stereocenters. The van der Waals surface area contributed by atoms with Crippen LogP contribution in [0.5, 0.6) is 5.75 Å². The minimum absolute atomic E-state index is 0.0129. The van der Waals surface area contributed by atoms with Crippen LogP contribution >= 0.6 is 11.8 Å². The van der Waals surface area contributed by atoms with Crippen LogP contribution in [0, 0.1) is 0 Å². The molecule has 170 valence electrons. The molecule has 2 aromatic heterocycles. The fraction of sp³-hybridized carbons (Fsp3) is 0.115. The molecule has 0 aliphatic heterocycles. The van der Waals surface area contributed by atoms with Crippen molar-refractivity contribution in [2.45, 2.75) is 11.4 Å². The second-order valence-electron chi connectivity index (χ2n) is 7.70. The number of amides is 1. The van der Waals surface area contributed by atoms with E-state index in [1.54, 1.807) is 27.8 Å². The van der Waals surface area contributed by atoms with Crippen LogP contribution in [-0.2, 0) is 11.3 Å². The lowest BCUT2D eigenvalue weighted by atomic mass is 10.1. The number of fused-ring (bicyclic) bond motifs is 3. The lowest BCUT2D eigenvalue weighted by Gasteiger charge is -2.09. The fourth-order valence-electron chi connectivity index (χ4n) is 3.98. The van der Waals surface area contributed by atoms with Crippen LogP contribution in [0.15, 0.2) is 88.6 Å². The van der Waals surface area contributed by atoms with E-state index in [2.05, 4.69) is 5.32 Å². The van der Waals surface area contributed by atoms with E-state index in [1.165, 1.54) is 6.07 Å². The molecule has 5 aromatic rings. The lowest BCUT2D eigenvalue weighted by Crippen LogP contribution is -2.20. The van der Waals surface area contributed by atoms with E-state index in [4.69, 9.17) is 9.72 Å². The number of methoxy groups -OCH3 is 1. The van der Waals surface area contributed by atoms with Crippen LogP contribution in [0.1, 0.15) is 0 Å². The number of rotatable bonds is 6. The van der Waals surface area contributed by atoms with E-state index < -0.39 is 0 Å². The molecule has 0 radical (unpaired) electrons. The third kappa shape index (κ3) is 4.04. The van der Waals surface area contributed by atoms with Gasteiger partial charge in [-0.2, -0.15) is 0 Å². The molecular weight excluding hydrogens is 448 g/mol. The van der Waals surface area contributed by atoms with Crippen molar-refractivity contribution in [3.8, 4) is 17.0 Å². The van der Waals surface area contributed by atoms with Crippen molar-refractivity contribution in [2.24, 2.45) is 0 Å². The van der Waals surface area contributed by atoms with Crippen LogP contribution in [0.4, 0.5) is 5.69 Å². The lowest BCUT2D eigenvalue weighted by molar-refractivity contribution is -0.116. The molecule has 1 N–H and O–H groups in total. The van der Waals surface area contributed by atoms with Gasteiger partial charge in [0, 0.05) is 22.2 Å². The van der Waals surface area contributed by atoms with Gasteiger partial charge >= 0.3 is 0 Å². The van der Waals surface area contributed by atoms with Crippen molar-refractivity contribution >= 4 is 40.2 Å². The Morgan fingerprint density at radius 3 is 2.50 bits per heavy atom. The van der Waals surface area contributed by atoms with Crippen molar-refractivity contribution in [1.29, 1.82) is 0 Å². The van der Waals surface area contributed by atoms with E-state index in [0.29, 0.717) is 17.0 Å². The minimum atomic E-state index is -0.209. The quantitative estimate of drug-likeness (QED) is 0.365. The normalized spacial score (nSPS) is 11.1. The third-order valence-electron chi connectivity index (χ3n) is 5.60. The predicted molar refractivity (Wildman–Crippen MR) is 136 cm³/mol. The van der Waals surface area contributed by atoms with Gasteiger partial charge in [-0.25, -0.2) is 9.38 Å². The molecule has 0 bridgehead atoms. The van der Waals surface area contributed by atoms with Crippen molar-refractivity contribution in [3.63, 3.8) is 0 Å². The predicted octanol–water partition coefficient (Wildman–Crippen LogP) is 4.69. The molecule has 0 saturated carbocycles. The van der Waals surface area contributed by atoms with Gasteiger partial charge in [0.1, 0.15) is 12.3 Å². The highest BCUT2D eigenvalue weighted by atomic mass is 32.2. The maximum atomic E-state index is 13.2. The molecule has 34 heavy (non-hydrogen) atoms. The van der Waals surface area contributed by atoms with Crippen molar-refractivity contribution < 1.29 is 9.53 Å². The van der Waals surface area contributed by atoms with Gasteiger partial charge in [-0.3, -0.25) is 9.59 Å². The van der Waals surface area contributed by atoms with E-state index in [9.17, 15) is 9.59 Å². The topological polar surface area (TPSA) is 77.6 Å². The fourth-order valence-corrected chi connectivity index (χ4v) is 4.44. The molecule has 0 spiro atoms. The first kappa shape index (κ1) is 21.8. The smallest absolute Gasteiger partial charge is 0.260 e. The Kier molecular flexibility index (Phi) is 5.81. The summed E-state index contributed by atoms with van der Waals surface area (Å²) in [7, 11) is 1.60. The molecule has 0 fully saturated rings. The highest BCUT2D eigenvalue weighted by Crippen LogP contribution is 2.24. The molecule has 3 aromatic carbocycles. The van der Waals surface area contributed by atoms with Gasteiger partial charge in [0.25, 0.3) is 5.56 Å². The third-order valence-corrected chi connectivity index (χ3v) is 6.32. The molecule has 0 unspecified atom stereocenters. The summed E-state index contributed by atoms with van der Waals surface area (Å²) < 4.78 is 8.55. The second kappa shape index (κ2) is 9.07. The minimum Gasteiger partial charge on any atom is -0.497 e. The highest BCUT2D eigenvalue weighted by molar-refractivity contribution is 7.98. The molecule has 7 nitrogen and oxygen atoms in total. The number of nitrogens with zero attached hydrogens (tertiary/aromatic N) is 3. The summed E-state index contributed by atoms with van der Waals surface area (Å²) in [6.45, 7) is 0.0129. The summed E-state index contributed by atoms with van der Waals surface area (Å²) in [4.78, 5) is 32.0. The molecular formula is C26H22N4O3S. The number of benzene rings is 3. The van der Waals surface area contributed by atoms with E-state index in [-0.39, 0.29) is 18.0 Å². The summed E-state index contributed by atoms with van der Waals surface area (Å²) in [5.74, 6) is 0.927. The van der Waals surface area contributed by atoms with Crippen LogP contribution < -0.4 is 15.6 Å². The molecule has 8 heteroatoms. The highest BCUT2D eigenvalue weighted by Gasteiger charge is 2.17. The Bertz CT molecular complexity index is 1570. The summed E-state index contributed by atoms with van der Waals surface area (Å²) in [5, 5.41) is 2.96. The summed E-state index contributed by atoms with van der Waals surface area (Å²) in [5.41, 5.74) is 3.29. The van der Waals surface area contributed by atoms with Gasteiger partial charge in [-0.1, -0.05) is 18.2 Å².